The fraction of sp³-hybridized carbons (Fsp3) is 0.100. The molecule has 2 aromatic rings. The van der Waals surface area contributed by atoms with Gasteiger partial charge in [0.05, 0.1) is 6.20 Å². The van der Waals surface area contributed by atoms with E-state index < -0.39 is 0 Å². The lowest BCUT2D eigenvalue weighted by molar-refractivity contribution is 1.29. The molecule has 0 unspecified atom stereocenters. The smallest absolute Gasteiger partial charge is 0.138 e. The topological polar surface area (TPSA) is 28.7 Å². The highest BCUT2D eigenvalue weighted by Crippen LogP contribution is 2.20. The molecule has 0 aliphatic heterocycles. The molecule has 0 amide bonds. The van der Waals surface area contributed by atoms with E-state index in [4.69, 9.17) is 11.6 Å². The van der Waals surface area contributed by atoms with E-state index in [2.05, 4.69) is 9.97 Å². The fourth-order valence-electron chi connectivity index (χ4n) is 1.27. The van der Waals surface area contributed by atoms with Crippen molar-refractivity contribution in [1.82, 2.24) is 9.97 Å². The van der Waals surface area contributed by atoms with Gasteiger partial charge in [-0.2, -0.15) is 0 Å². The summed E-state index contributed by atoms with van der Waals surface area (Å²) in [7, 11) is 0. The van der Waals surface area contributed by atoms with Crippen molar-refractivity contribution >= 4 is 11.6 Å². The minimum Gasteiger partial charge on any atom is -0.329 e. The number of nitrogens with one attached hydrogen (secondary N) is 1. The number of aryl methyl sites for hydroxylation is 1. The van der Waals surface area contributed by atoms with Crippen LogP contribution in [-0.4, -0.2) is 9.97 Å². The van der Waals surface area contributed by atoms with E-state index in [0.29, 0.717) is 5.15 Å². The van der Waals surface area contributed by atoms with Crippen molar-refractivity contribution in [3.05, 3.63) is 41.2 Å². The summed E-state index contributed by atoms with van der Waals surface area (Å²) in [5.74, 6) is 0.822. The summed E-state index contributed by atoms with van der Waals surface area (Å²) in [6, 6.07) is 8.05. The third kappa shape index (κ3) is 1.58. The van der Waals surface area contributed by atoms with Gasteiger partial charge in [0.2, 0.25) is 0 Å². The summed E-state index contributed by atoms with van der Waals surface area (Å²) >= 11 is 5.74. The third-order valence-corrected chi connectivity index (χ3v) is 2.14. The van der Waals surface area contributed by atoms with Crippen LogP contribution in [0.2, 0.25) is 5.15 Å². The van der Waals surface area contributed by atoms with Crippen molar-refractivity contribution in [3.63, 3.8) is 0 Å². The van der Waals surface area contributed by atoms with E-state index in [1.807, 2.05) is 31.2 Å². The summed E-state index contributed by atoms with van der Waals surface area (Å²) in [6.45, 7) is 2.05. The lowest BCUT2D eigenvalue weighted by Crippen LogP contribution is -1.83. The van der Waals surface area contributed by atoms with Crippen molar-refractivity contribution in [2.45, 2.75) is 6.92 Å². The number of H-pyrrole nitrogens is 1. The molecule has 0 bridgehead atoms. The maximum atomic E-state index is 5.74. The van der Waals surface area contributed by atoms with Crippen LogP contribution in [-0.2, 0) is 0 Å². The van der Waals surface area contributed by atoms with Gasteiger partial charge >= 0.3 is 0 Å². The maximum absolute atomic E-state index is 5.74. The standard InChI is InChI=1S/C10H9ClN2/c1-7-4-2-3-5-8(7)10-12-6-9(11)13-10/h2-6H,1H3,(H,12,13). The van der Waals surface area contributed by atoms with Crippen molar-refractivity contribution in [2.24, 2.45) is 0 Å². The van der Waals surface area contributed by atoms with Gasteiger partial charge in [-0.3, -0.25) is 0 Å². The Morgan fingerprint density at radius 1 is 1.31 bits per heavy atom. The van der Waals surface area contributed by atoms with Crippen LogP contribution in [0.25, 0.3) is 11.4 Å². The molecule has 1 aromatic carbocycles. The fourth-order valence-corrected chi connectivity index (χ4v) is 1.41. The largest absolute Gasteiger partial charge is 0.329 e. The Labute approximate surface area is 81.6 Å². The molecule has 0 spiro atoms. The molecule has 3 heteroatoms. The number of halogens is 1. The Morgan fingerprint density at radius 3 is 2.69 bits per heavy atom. The molecule has 0 saturated heterocycles. The van der Waals surface area contributed by atoms with E-state index in [-0.39, 0.29) is 0 Å². The first-order chi connectivity index (χ1) is 6.27. The number of hydrogen-bond donors (Lipinski definition) is 1. The molecule has 0 aliphatic rings. The molecule has 0 radical (unpaired) electrons. The second-order valence-corrected chi connectivity index (χ2v) is 3.30. The zero-order valence-electron chi connectivity index (χ0n) is 7.21. The molecule has 2 nitrogen and oxygen atoms in total. The lowest BCUT2D eigenvalue weighted by Gasteiger charge is -2.00. The van der Waals surface area contributed by atoms with Crippen LogP contribution in [0.3, 0.4) is 0 Å². The molecule has 0 aliphatic carbocycles. The van der Waals surface area contributed by atoms with Crippen molar-refractivity contribution < 1.29 is 0 Å². The predicted octanol–water partition coefficient (Wildman–Crippen LogP) is 3.04. The van der Waals surface area contributed by atoms with Gasteiger partial charge in [-0.25, -0.2) is 4.98 Å². The molecule has 0 atom stereocenters. The van der Waals surface area contributed by atoms with Crippen LogP contribution in [0.15, 0.2) is 30.5 Å². The molecule has 1 heterocycles. The molecule has 0 fully saturated rings. The number of rotatable bonds is 1. The zero-order valence-corrected chi connectivity index (χ0v) is 7.97. The average Bonchev–Trinajstić information content (AvgIpc) is 2.53. The summed E-state index contributed by atoms with van der Waals surface area (Å²) < 4.78 is 0. The van der Waals surface area contributed by atoms with Crippen LogP contribution in [0.5, 0.6) is 0 Å². The van der Waals surface area contributed by atoms with E-state index >= 15 is 0 Å². The summed E-state index contributed by atoms with van der Waals surface area (Å²) in [6.07, 6.45) is 1.61. The normalized spacial score (nSPS) is 10.3. The predicted molar refractivity (Wildman–Crippen MR) is 53.8 cm³/mol. The quantitative estimate of drug-likeness (QED) is 0.739. The zero-order chi connectivity index (χ0) is 9.26. The lowest BCUT2D eigenvalue weighted by atomic mass is 10.1. The molecular formula is C10H9ClN2. The molecule has 1 N–H and O–H groups in total. The van der Waals surface area contributed by atoms with Crippen LogP contribution in [0.1, 0.15) is 5.56 Å². The Bertz CT molecular complexity index is 420. The van der Waals surface area contributed by atoms with Crippen molar-refractivity contribution in [1.29, 1.82) is 0 Å². The number of nitrogens with zero attached hydrogens (tertiary/aromatic N) is 1. The number of imidazole rings is 1. The van der Waals surface area contributed by atoms with Crippen LogP contribution in [0.4, 0.5) is 0 Å². The Hall–Kier alpha value is -1.28. The summed E-state index contributed by atoms with van der Waals surface area (Å²) in [4.78, 5) is 7.15. The summed E-state index contributed by atoms with van der Waals surface area (Å²) in [5, 5.41) is 0.568. The minimum atomic E-state index is 0.568. The number of hydrogen-bond acceptors (Lipinski definition) is 1. The number of aromatic nitrogens is 2. The molecule has 2 rings (SSSR count). The Balaban J connectivity index is 2.52. The van der Waals surface area contributed by atoms with Gasteiger partial charge in [-0.15, -0.1) is 0 Å². The van der Waals surface area contributed by atoms with E-state index in [1.54, 1.807) is 6.20 Å². The second kappa shape index (κ2) is 3.23. The first-order valence-corrected chi connectivity index (χ1v) is 4.41. The average molecular weight is 193 g/mol. The Morgan fingerprint density at radius 2 is 2.08 bits per heavy atom. The Kier molecular flexibility index (Phi) is 2.07. The van der Waals surface area contributed by atoms with Gasteiger partial charge in [0.15, 0.2) is 0 Å². The van der Waals surface area contributed by atoms with E-state index in [0.717, 1.165) is 11.4 Å². The molecule has 13 heavy (non-hydrogen) atoms. The first-order valence-electron chi connectivity index (χ1n) is 4.04. The van der Waals surface area contributed by atoms with Crippen LogP contribution < -0.4 is 0 Å². The van der Waals surface area contributed by atoms with Gasteiger partial charge < -0.3 is 4.98 Å². The van der Waals surface area contributed by atoms with Crippen molar-refractivity contribution in [3.8, 4) is 11.4 Å². The van der Waals surface area contributed by atoms with E-state index in [1.165, 1.54) is 5.56 Å². The van der Waals surface area contributed by atoms with Gasteiger partial charge in [-0.1, -0.05) is 35.9 Å². The van der Waals surface area contributed by atoms with Crippen LogP contribution >= 0.6 is 11.6 Å². The minimum absolute atomic E-state index is 0.568. The highest BCUT2D eigenvalue weighted by Gasteiger charge is 2.03. The SMILES string of the molecule is Cc1ccccc1-c1ncc(Cl)[nH]1. The van der Waals surface area contributed by atoms with E-state index in [9.17, 15) is 0 Å². The highest BCUT2D eigenvalue weighted by molar-refractivity contribution is 6.29. The number of aromatic amines is 1. The molecule has 66 valence electrons. The van der Waals surface area contributed by atoms with Gasteiger partial charge in [0.25, 0.3) is 0 Å². The first kappa shape index (κ1) is 8.32. The highest BCUT2D eigenvalue weighted by atomic mass is 35.5. The van der Waals surface area contributed by atoms with Crippen LogP contribution in [0, 0.1) is 6.92 Å². The van der Waals surface area contributed by atoms with Gasteiger partial charge in [0.1, 0.15) is 11.0 Å². The monoisotopic (exact) mass is 192 g/mol. The third-order valence-electron chi connectivity index (χ3n) is 1.94. The van der Waals surface area contributed by atoms with Gasteiger partial charge in [0, 0.05) is 5.56 Å². The van der Waals surface area contributed by atoms with Gasteiger partial charge in [-0.05, 0) is 12.5 Å². The second-order valence-electron chi connectivity index (χ2n) is 2.89. The summed E-state index contributed by atoms with van der Waals surface area (Å²) in [5.41, 5.74) is 2.28. The molecule has 0 saturated carbocycles. The van der Waals surface area contributed by atoms with Crippen molar-refractivity contribution in [2.75, 3.05) is 0 Å². The maximum Gasteiger partial charge on any atom is 0.138 e. The molecular weight excluding hydrogens is 184 g/mol. The number of benzene rings is 1. The molecule has 1 aromatic heterocycles.